The number of aromatic nitrogens is 3. The molecule has 0 radical (unpaired) electrons. The van der Waals surface area contributed by atoms with Crippen molar-refractivity contribution >= 4 is 11.0 Å². The Bertz CT molecular complexity index is 1070. The average Bonchev–Trinajstić information content (AvgIpc) is 3.41. The third-order valence-electron chi connectivity index (χ3n) is 4.86. The van der Waals surface area contributed by atoms with Crippen LogP contribution in [0.5, 0.6) is 0 Å². The molecule has 5 rings (SSSR count). The van der Waals surface area contributed by atoms with Crippen molar-refractivity contribution in [3.05, 3.63) is 102 Å². The molecule has 126 valence electrons. The number of hydrogen-bond donors (Lipinski definition) is 1. The van der Waals surface area contributed by atoms with Crippen LogP contribution in [0.15, 0.2) is 90.8 Å². The lowest BCUT2D eigenvalue weighted by Crippen LogP contribution is -2.05. The van der Waals surface area contributed by atoms with Gasteiger partial charge in [0.2, 0.25) is 0 Å². The Morgan fingerprint density at radius 3 is 2.15 bits per heavy atom. The maximum Gasteiger partial charge on any atom is 0.113 e. The molecule has 1 heterocycles. The van der Waals surface area contributed by atoms with Crippen molar-refractivity contribution in [1.82, 2.24) is 15.0 Å². The molecule has 4 heteroatoms. The second kappa shape index (κ2) is 5.85. The standard InChI is InChI=1S/C22H17N3O/c26-22-11-5-8-19(22)17-12-16(15-6-1-2-7-15)13-18(14-17)25-23-20-9-3-4-10-21(20)24-25/h1-15,19,26H. The average molecular weight is 339 g/mol. The Morgan fingerprint density at radius 1 is 0.808 bits per heavy atom. The molecule has 4 nitrogen and oxygen atoms in total. The number of fused-ring (bicyclic) bond motifs is 1. The maximum absolute atomic E-state index is 10.2. The zero-order valence-corrected chi connectivity index (χ0v) is 14.0. The molecule has 1 N–H and O–H groups in total. The Hall–Kier alpha value is -3.40. The SMILES string of the molecule is OC1=CC=CC1c1cc(C2C=CC=C2)cc(-n2nc3ccccc3n2)c1. The minimum atomic E-state index is -0.118. The molecule has 0 amide bonds. The van der Waals surface area contributed by atoms with Gasteiger partial charge in [0.1, 0.15) is 16.8 Å². The zero-order valence-electron chi connectivity index (χ0n) is 14.0. The van der Waals surface area contributed by atoms with Gasteiger partial charge in [0, 0.05) is 5.92 Å². The van der Waals surface area contributed by atoms with Crippen LogP contribution in [-0.2, 0) is 0 Å². The van der Waals surface area contributed by atoms with Crippen LogP contribution < -0.4 is 0 Å². The van der Waals surface area contributed by atoms with E-state index in [9.17, 15) is 5.11 Å². The van der Waals surface area contributed by atoms with Gasteiger partial charge in [-0.05, 0) is 41.5 Å². The molecular formula is C22H17N3O. The Morgan fingerprint density at radius 2 is 1.50 bits per heavy atom. The number of hydrogen-bond acceptors (Lipinski definition) is 3. The second-order valence-electron chi connectivity index (χ2n) is 6.59. The molecule has 1 unspecified atom stereocenters. The highest BCUT2D eigenvalue weighted by molar-refractivity contribution is 5.73. The summed E-state index contributed by atoms with van der Waals surface area (Å²) in [5.74, 6) is 0.479. The van der Waals surface area contributed by atoms with Crippen LogP contribution in [0.25, 0.3) is 16.7 Å². The lowest BCUT2D eigenvalue weighted by molar-refractivity contribution is 0.388. The van der Waals surface area contributed by atoms with Crippen LogP contribution in [0.3, 0.4) is 0 Å². The maximum atomic E-state index is 10.2. The summed E-state index contributed by atoms with van der Waals surface area (Å²) >= 11 is 0. The van der Waals surface area contributed by atoms with Crippen molar-refractivity contribution in [1.29, 1.82) is 0 Å². The third kappa shape index (κ3) is 2.47. The van der Waals surface area contributed by atoms with Gasteiger partial charge in [0.05, 0.1) is 11.6 Å². The summed E-state index contributed by atoms with van der Waals surface area (Å²) in [4.78, 5) is 1.68. The number of aliphatic hydroxyl groups excluding tert-OH is 1. The molecular weight excluding hydrogens is 322 g/mol. The summed E-state index contributed by atoms with van der Waals surface area (Å²) in [7, 11) is 0. The van der Waals surface area contributed by atoms with Gasteiger partial charge < -0.3 is 5.11 Å². The molecule has 0 saturated carbocycles. The highest BCUT2D eigenvalue weighted by Crippen LogP contribution is 2.33. The summed E-state index contributed by atoms with van der Waals surface area (Å²) in [6, 6.07) is 14.2. The van der Waals surface area contributed by atoms with Crippen LogP contribution >= 0.6 is 0 Å². The van der Waals surface area contributed by atoms with Crippen LogP contribution in [0, 0.1) is 0 Å². The monoisotopic (exact) mass is 339 g/mol. The summed E-state index contributed by atoms with van der Waals surface area (Å²) in [6.07, 6.45) is 14.1. The lowest BCUT2D eigenvalue weighted by Gasteiger charge is -2.15. The van der Waals surface area contributed by atoms with E-state index in [1.54, 1.807) is 10.9 Å². The number of benzene rings is 2. The Kier molecular flexibility index (Phi) is 3.35. The third-order valence-corrected chi connectivity index (χ3v) is 4.86. The molecule has 2 aromatic carbocycles. The topological polar surface area (TPSA) is 50.9 Å². The molecule has 3 aromatic rings. The summed E-state index contributed by atoms with van der Waals surface area (Å²) in [5, 5.41) is 19.4. The number of nitrogens with zero attached hydrogens (tertiary/aromatic N) is 3. The van der Waals surface area contributed by atoms with Gasteiger partial charge in [-0.1, -0.05) is 54.7 Å². The molecule has 0 aliphatic heterocycles. The van der Waals surface area contributed by atoms with Gasteiger partial charge in [-0.3, -0.25) is 0 Å². The largest absolute Gasteiger partial charge is 0.511 e. The van der Waals surface area contributed by atoms with Crippen molar-refractivity contribution < 1.29 is 5.11 Å². The first-order chi connectivity index (χ1) is 12.8. The minimum absolute atomic E-state index is 0.118. The fourth-order valence-corrected chi connectivity index (χ4v) is 3.53. The van der Waals surface area contributed by atoms with E-state index in [2.05, 4.69) is 52.7 Å². The highest BCUT2D eigenvalue weighted by Gasteiger charge is 2.20. The quantitative estimate of drug-likeness (QED) is 0.751. The Balaban J connectivity index is 1.67. The van der Waals surface area contributed by atoms with E-state index in [4.69, 9.17) is 0 Å². The smallest absolute Gasteiger partial charge is 0.113 e. The molecule has 2 aliphatic carbocycles. The van der Waals surface area contributed by atoms with E-state index in [0.29, 0.717) is 5.76 Å². The van der Waals surface area contributed by atoms with Gasteiger partial charge in [-0.2, -0.15) is 4.80 Å². The fraction of sp³-hybridized carbons (Fsp3) is 0.0909. The van der Waals surface area contributed by atoms with E-state index in [1.165, 1.54) is 0 Å². The first-order valence-electron chi connectivity index (χ1n) is 8.68. The predicted molar refractivity (Wildman–Crippen MR) is 102 cm³/mol. The van der Waals surface area contributed by atoms with E-state index < -0.39 is 0 Å². The zero-order chi connectivity index (χ0) is 17.5. The van der Waals surface area contributed by atoms with Crippen molar-refractivity contribution in [2.45, 2.75) is 11.8 Å². The molecule has 1 aromatic heterocycles. The number of allylic oxidation sites excluding steroid dienone is 7. The molecule has 26 heavy (non-hydrogen) atoms. The predicted octanol–water partition coefficient (Wildman–Crippen LogP) is 4.73. The molecule has 0 spiro atoms. The van der Waals surface area contributed by atoms with E-state index in [1.807, 2.05) is 36.4 Å². The number of aliphatic hydroxyl groups is 1. The van der Waals surface area contributed by atoms with Crippen molar-refractivity contribution in [3.63, 3.8) is 0 Å². The van der Waals surface area contributed by atoms with E-state index in [-0.39, 0.29) is 11.8 Å². The van der Waals surface area contributed by atoms with Gasteiger partial charge in [-0.15, -0.1) is 10.2 Å². The van der Waals surface area contributed by atoms with Crippen LogP contribution in [-0.4, -0.2) is 20.1 Å². The first-order valence-corrected chi connectivity index (χ1v) is 8.68. The van der Waals surface area contributed by atoms with Crippen LogP contribution in [0.1, 0.15) is 23.0 Å². The van der Waals surface area contributed by atoms with Gasteiger partial charge >= 0.3 is 0 Å². The van der Waals surface area contributed by atoms with Crippen molar-refractivity contribution in [3.8, 4) is 5.69 Å². The molecule has 0 fully saturated rings. The van der Waals surface area contributed by atoms with Crippen LogP contribution in [0.2, 0.25) is 0 Å². The highest BCUT2D eigenvalue weighted by atomic mass is 16.3. The minimum Gasteiger partial charge on any atom is -0.511 e. The molecule has 0 saturated heterocycles. The normalized spacial score (nSPS) is 18.9. The van der Waals surface area contributed by atoms with Gasteiger partial charge in [0.15, 0.2) is 0 Å². The summed E-state index contributed by atoms with van der Waals surface area (Å²) < 4.78 is 0. The second-order valence-corrected chi connectivity index (χ2v) is 6.59. The first kappa shape index (κ1) is 14.9. The molecule has 2 aliphatic rings. The molecule has 0 bridgehead atoms. The summed E-state index contributed by atoms with van der Waals surface area (Å²) in [6.45, 7) is 0. The van der Waals surface area contributed by atoms with Gasteiger partial charge in [0.25, 0.3) is 0 Å². The Labute approximate surface area is 151 Å². The van der Waals surface area contributed by atoms with Crippen molar-refractivity contribution in [2.75, 3.05) is 0 Å². The fourth-order valence-electron chi connectivity index (χ4n) is 3.53. The molecule has 1 atom stereocenters. The van der Waals surface area contributed by atoms with Crippen molar-refractivity contribution in [2.24, 2.45) is 0 Å². The number of rotatable bonds is 3. The summed E-state index contributed by atoms with van der Waals surface area (Å²) in [5.41, 5.74) is 4.83. The van der Waals surface area contributed by atoms with Gasteiger partial charge in [-0.25, -0.2) is 0 Å². The van der Waals surface area contributed by atoms with Crippen LogP contribution in [0.4, 0.5) is 0 Å². The van der Waals surface area contributed by atoms with E-state index >= 15 is 0 Å². The van der Waals surface area contributed by atoms with E-state index in [0.717, 1.165) is 27.8 Å². The lowest BCUT2D eigenvalue weighted by atomic mass is 9.92.